The Morgan fingerprint density at radius 2 is 2.10 bits per heavy atom. The summed E-state index contributed by atoms with van der Waals surface area (Å²) in [5, 5.41) is 7.02. The first-order valence-corrected chi connectivity index (χ1v) is 4.41. The van der Waals surface area contributed by atoms with E-state index in [1.54, 1.807) is 0 Å². The third-order valence-corrected chi connectivity index (χ3v) is 2.77. The molecule has 2 nitrogen and oxygen atoms in total. The standard InChI is InChI=1S/C8H16N2/c1-2-7-6-9-5-3-8(7)10-4-1/h7-10H,1-6H2. The first-order valence-electron chi connectivity index (χ1n) is 4.41. The number of hydrogen-bond donors (Lipinski definition) is 2. The zero-order chi connectivity index (χ0) is 6.81. The highest BCUT2D eigenvalue weighted by Crippen LogP contribution is 2.20. The fraction of sp³-hybridized carbons (Fsp3) is 1.00. The molecule has 2 aliphatic rings. The van der Waals surface area contributed by atoms with E-state index >= 15 is 0 Å². The van der Waals surface area contributed by atoms with E-state index in [0.29, 0.717) is 0 Å². The highest BCUT2D eigenvalue weighted by molar-refractivity contribution is 4.86. The fourth-order valence-electron chi connectivity index (χ4n) is 2.15. The summed E-state index contributed by atoms with van der Waals surface area (Å²) in [5.41, 5.74) is 0. The summed E-state index contributed by atoms with van der Waals surface area (Å²) >= 11 is 0. The maximum absolute atomic E-state index is 3.58. The largest absolute Gasteiger partial charge is 0.316 e. The minimum atomic E-state index is 0.843. The third-order valence-electron chi connectivity index (χ3n) is 2.77. The molecular weight excluding hydrogens is 124 g/mol. The first-order chi connectivity index (χ1) is 4.97. The predicted octanol–water partition coefficient (Wildman–Crippen LogP) is 0.348. The minimum Gasteiger partial charge on any atom is -0.316 e. The minimum absolute atomic E-state index is 0.843. The van der Waals surface area contributed by atoms with E-state index < -0.39 is 0 Å². The van der Waals surface area contributed by atoms with Crippen LogP contribution < -0.4 is 10.6 Å². The molecule has 0 saturated carbocycles. The monoisotopic (exact) mass is 140 g/mol. The van der Waals surface area contributed by atoms with Crippen molar-refractivity contribution in [2.24, 2.45) is 5.92 Å². The second-order valence-electron chi connectivity index (χ2n) is 3.46. The van der Waals surface area contributed by atoms with Crippen molar-refractivity contribution < 1.29 is 0 Å². The van der Waals surface area contributed by atoms with Gasteiger partial charge in [-0.15, -0.1) is 0 Å². The van der Waals surface area contributed by atoms with Crippen molar-refractivity contribution in [2.75, 3.05) is 19.6 Å². The van der Waals surface area contributed by atoms with Gasteiger partial charge in [-0.1, -0.05) is 0 Å². The first kappa shape index (κ1) is 6.62. The van der Waals surface area contributed by atoms with Crippen molar-refractivity contribution in [3.05, 3.63) is 0 Å². The summed E-state index contributed by atoms with van der Waals surface area (Å²) in [6.07, 6.45) is 4.15. The van der Waals surface area contributed by atoms with Gasteiger partial charge in [0.05, 0.1) is 0 Å². The van der Waals surface area contributed by atoms with Gasteiger partial charge in [-0.2, -0.15) is 0 Å². The smallest absolute Gasteiger partial charge is 0.0119 e. The van der Waals surface area contributed by atoms with Crippen LogP contribution in [0.2, 0.25) is 0 Å². The topological polar surface area (TPSA) is 24.1 Å². The van der Waals surface area contributed by atoms with Gasteiger partial charge in [0, 0.05) is 6.04 Å². The SMILES string of the molecule is C1CNC2CCNCC2C1. The highest BCUT2D eigenvalue weighted by Gasteiger charge is 2.26. The van der Waals surface area contributed by atoms with Crippen LogP contribution in [0.5, 0.6) is 0 Å². The zero-order valence-corrected chi connectivity index (χ0v) is 6.40. The molecule has 0 amide bonds. The lowest BCUT2D eigenvalue weighted by Crippen LogP contribution is -2.50. The van der Waals surface area contributed by atoms with Crippen molar-refractivity contribution in [2.45, 2.75) is 25.3 Å². The van der Waals surface area contributed by atoms with E-state index in [1.807, 2.05) is 0 Å². The van der Waals surface area contributed by atoms with Gasteiger partial charge in [-0.05, 0) is 44.8 Å². The molecule has 2 atom stereocenters. The van der Waals surface area contributed by atoms with Gasteiger partial charge < -0.3 is 10.6 Å². The maximum atomic E-state index is 3.58. The maximum Gasteiger partial charge on any atom is 0.0119 e. The summed E-state index contributed by atoms with van der Waals surface area (Å²) in [7, 11) is 0. The Hall–Kier alpha value is -0.0800. The molecule has 0 aliphatic carbocycles. The van der Waals surface area contributed by atoms with Gasteiger partial charge in [-0.25, -0.2) is 0 Å². The molecule has 2 saturated heterocycles. The van der Waals surface area contributed by atoms with Crippen molar-refractivity contribution >= 4 is 0 Å². The Bertz CT molecular complexity index is 87.8. The molecule has 0 bridgehead atoms. The number of fused-ring (bicyclic) bond motifs is 1. The number of hydrogen-bond acceptors (Lipinski definition) is 2. The molecule has 0 aromatic rings. The van der Waals surface area contributed by atoms with Crippen LogP contribution in [0.4, 0.5) is 0 Å². The van der Waals surface area contributed by atoms with E-state index in [9.17, 15) is 0 Å². The molecule has 10 heavy (non-hydrogen) atoms. The predicted molar refractivity (Wildman–Crippen MR) is 42.0 cm³/mol. The molecule has 2 unspecified atom stereocenters. The summed E-state index contributed by atoms with van der Waals surface area (Å²) in [6.45, 7) is 3.72. The molecule has 2 heterocycles. The average Bonchev–Trinajstić information content (AvgIpc) is 2.05. The van der Waals surface area contributed by atoms with Crippen LogP contribution in [-0.2, 0) is 0 Å². The molecule has 58 valence electrons. The number of piperidine rings is 2. The summed E-state index contributed by atoms with van der Waals surface area (Å²) in [4.78, 5) is 0. The third kappa shape index (κ3) is 1.18. The Kier molecular flexibility index (Phi) is 1.91. The molecule has 2 heteroatoms. The number of rotatable bonds is 0. The summed E-state index contributed by atoms with van der Waals surface area (Å²) < 4.78 is 0. The summed E-state index contributed by atoms with van der Waals surface area (Å²) in [6, 6.07) is 0.843. The van der Waals surface area contributed by atoms with Gasteiger partial charge in [0.15, 0.2) is 0 Å². The zero-order valence-electron chi connectivity index (χ0n) is 6.40. The van der Waals surface area contributed by atoms with Gasteiger partial charge in [0.1, 0.15) is 0 Å². The normalized spacial score (nSPS) is 40.8. The molecular formula is C8H16N2. The van der Waals surface area contributed by atoms with Gasteiger partial charge in [0.2, 0.25) is 0 Å². The second kappa shape index (κ2) is 2.89. The summed E-state index contributed by atoms with van der Waals surface area (Å²) in [5.74, 6) is 0.933. The molecule has 2 N–H and O–H groups in total. The molecule has 2 aliphatic heterocycles. The van der Waals surface area contributed by atoms with Gasteiger partial charge in [-0.3, -0.25) is 0 Å². The van der Waals surface area contributed by atoms with Crippen LogP contribution in [0, 0.1) is 5.92 Å². The van der Waals surface area contributed by atoms with Crippen molar-refractivity contribution in [1.29, 1.82) is 0 Å². The van der Waals surface area contributed by atoms with Crippen LogP contribution in [0.25, 0.3) is 0 Å². The highest BCUT2D eigenvalue weighted by atomic mass is 15.0. The quantitative estimate of drug-likeness (QED) is 0.507. The van der Waals surface area contributed by atoms with E-state index in [2.05, 4.69) is 10.6 Å². The van der Waals surface area contributed by atoms with Crippen LogP contribution in [-0.4, -0.2) is 25.7 Å². The van der Waals surface area contributed by atoms with Crippen molar-refractivity contribution in [3.63, 3.8) is 0 Å². The Morgan fingerprint density at radius 1 is 1.10 bits per heavy atom. The van der Waals surface area contributed by atoms with Crippen LogP contribution >= 0.6 is 0 Å². The molecule has 0 radical (unpaired) electrons. The average molecular weight is 140 g/mol. The van der Waals surface area contributed by atoms with Gasteiger partial charge in [0.25, 0.3) is 0 Å². The van der Waals surface area contributed by atoms with E-state index in [0.717, 1.165) is 12.0 Å². The second-order valence-corrected chi connectivity index (χ2v) is 3.46. The lowest BCUT2D eigenvalue weighted by atomic mass is 9.86. The van der Waals surface area contributed by atoms with E-state index in [1.165, 1.54) is 38.9 Å². The molecule has 0 aromatic carbocycles. The number of nitrogens with one attached hydrogen (secondary N) is 2. The lowest BCUT2D eigenvalue weighted by molar-refractivity contribution is 0.226. The molecule has 2 rings (SSSR count). The molecule has 0 spiro atoms. The van der Waals surface area contributed by atoms with E-state index in [4.69, 9.17) is 0 Å². The van der Waals surface area contributed by atoms with Crippen LogP contribution in [0.3, 0.4) is 0 Å². The van der Waals surface area contributed by atoms with Gasteiger partial charge >= 0.3 is 0 Å². The van der Waals surface area contributed by atoms with Crippen LogP contribution in [0.15, 0.2) is 0 Å². The van der Waals surface area contributed by atoms with Crippen molar-refractivity contribution in [3.8, 4) is 0 Å². The lowest BCUT2D eigenvalue weighted by Gasteiger charge is -2.36. The van der Waals surface area contributed by atoms with Crippen LogP contribution in [0.1, 0.15) is 19.3 Å². The molecule has 0 aromatic heterocycles. The Balaban J connectivity index is 1.93. The Labute approximate surface area is 62.4 Å². The van der Waals surface area contributed by atoms with Crippen molar-refractivity contribution in [1.82, 2.24) is 10.6 Å². The van der Waals surface area contributed by atoms with E-state index in [-0.39, 0.29) is 0 Å². The Morgan fingerprint density at radius 3 is 3.00 bits per heavy atom. The molecule has 2 fully saturated rings. The fourth-order valence-corrected chi connectivity index (χ4v) is 2.15.